The molecule has 2 amide bonds. The number of piperidine rings is 1. The summed E-state index contributed by atoms with van der Waals surface area (Å²) in [5.74, 6) is 0.255. The summed E-state index contributed by atoms with van der Waals surface area (Å²) in [5, 5.41) is 2.74. The SMILES string of the molecule is C=CC(=O)N1CC[C@@H]2COC(=O)N[C@H]2C1. The Balaban J connectivity index is 1.99. The topological polar surface area (TPSA) is 58.6 Å². The molecule has 0 bridgehead atoms. The predicted molar refractivity (Wildman–Crippen MR) is 53.2 cm³/mol. The van der Waals surface area contributed by atoms with Gasteiger partial charge in [-0.3, -0.25) is 4.79 Å². The Morgan fingerprint density at radius 1 is 1.67 bits per heavy atom. The number of alkyl carbamates (subject to hydrolysis) is 1. The average molecular weight is 210 g/mol. The predicted octanol–water partition coefficient (Wildman–Crippen LogP) is 0.129. The molecule has 82 valence electrons. The molecule has 5 nitrogen and oxygen atoms in total. The van der Waals surface area contributed by atoms with Gasteiger partial charge in [0.25, 0.3) is 0 Å². The maximum absolute atomic E-state index is 11.4. The Kier molecular flexibility index (Phi) is 2.62. The zero-order chi connectivity index (χ0) is 10.8. The van der Waals surface area contributed by atoms with Crippen LogP contribution in [-0.2, 0) is 9.53 Å². The Morgan fingerprint density at radius 2 is 2.47 bits per heavy atom. The largest absolute Gasteiger partial charge is 0.449 e. The normalized spacial score (nSPS) is 29.9. The Bertz CT molecular complexity index is 303. The summed E-state index contributed by atoms with van der Waals surface area (Å²) in [4.78, 5) is 24.1. The summed E-state index contributed by atoms with van der Waals surface area (Å²) in [6, 6.07) is 0.0314. The van der Waals surface area contributed by atoms with Gasteiger partial charge in [-0.05, 0) is 12.5 Å². The van der Waals surface area contributed by atoms with E-state index in [-0.39, 0.29) is 18.0 Å². The molecule has 2 atom stereocenters. The van der Waals surface area contributed by atoms with Gasteiger partial charge >= 0.3 is 6.09 Å². The van der Waals surface area contributed by atoms with Crippen molar-refractivity contribution < 1.29 is 14.3 Å². The molecule has 0 aliphatic carbocycles. The Labute approximate surface area is 88.1 Å². The van der Waals surface area contributed by atoms with Crippen LogP contribution in [0.5, 0.6) is 0 Å². The molecule has 0 aromatic rings. The fraction of sp³-hybridized carbons (Fsp3) is 0.600. The van der Waals surface area contributed by atoms with Crippen LogP contribution < -0.4 is 5.32 Å². The van der Waals surface area contributed by atoms with Crippen LogP contribution in [0.2, 0.25) is 0 Å². The van der Waals surface area contributed by atoms with Crippen molar-refractivity contribution in [3.8, 4) is 0 Å². The molecular weight excluding hydrogens is 196 g/mol. The lowest BCUT2D eigenvalue weighted by Crippen LogP contribution is -2.58. The second kappa shape index (κ2) is 3.92. The number of fused-ring (bicyclic) bond motifs is 1. The number of likely N-dealkylation sites (tertiary alicyclic amines) is 1. The van der Waals surface area contributed by atoms with Gasteiger partial charge in [-0.25, -0.2) is 4.79 Å². The summed E-state index contributed by atoms with van der Waals surface area (Å²) in [7, 11) is 0. The minimum atomic E-state index is -0.385. The Hall–Kier alpha value is -1.52. The number of amides is 2. The molecule has 0 spiro atoms. The number of hydrogen-bond acceptors (Lipinski definition) is 3. The molecule has 0 unspecified atom stereocenters. The maximum Gasteiger partial charge on any atom is 0.407 e. The molecule has 2 rings (SSSR count). The van der Waals surface area contributed by atoms with Gasteiger partial charge in [-0.15, -0.1) is 0 Å². The molecular formula is C10H14N2O3. The van der Waals surface area contributed by atoms with Gasteiger partial charge < -0.3 is 15.0 Å². The highest BCUT2D eigenvalue weighted by molar-refractivity contribution is 5.87. The van der Waals surface area contributed by atoms with Crippen molar-refractivity contribution in [2.75, 3.05) is 19.7 Å². The Morgan fingerprint density at radius 3 is 3.20 bits per heavy atom. The van der Waals surface area contributed by atoms with Crippen LogP contribution in [0, 0.1) is 5.92 Å². The van der Waals surface area contributed by atoms with Gasteiger partial charge in [0.15, 0.2) is 0 Å². The van der Waals surface area contributed by atoms with E-state index in [1.54, 1.807) is 4.90 Å². The van der Waals surface area contributed by atoms with Crippen molar-refractivity contribution in [2.24, 2.45) is 5.92 Å². The monoisotopic (exact) mass is 210 g/mol. The van der Waals surface area contributed by atoms with Crippen LogP contribution in [0.15, 0.2) is 12.7 Å². The van der Waals surface area contributed by atoms with Gasteiger partial charge in [0.1, 0.15) is 0 Å². The van der Waals surface area contributed by atoms with Crippen LogP contribution in [0.3, 0.4) is 0 Å². The molecule has 2 heterocycles. The summed E-state index contributed by atoms with van der Waals surface area (Å²) in [5.41, 5.74) is 0. The molecule has 5 heteroatoms. The third kappa shape index (κ3) is 1.95. The van der Waals surface area contributed by atoms with Crippen LogP contribution >= 0.6 is 0 Å². The summed E-state index contributed by atoms with van der Waals surface area (Å²) < 4.78 is 4.90. The molecule has 0 saturated carbocycles. The maximum atomic E-state index is 11.4. The third-order valence-electron chi connectivity index (χ3n) is 2.97. The highest BCUT2D eigenvalue weighted by atomic mass is 16.6. The zero-order valence-corrected chi connectivity index (χ0v) is 8.44. The van der Waals surface area contributed by atoms with Gasteiger partial charge in [0.05, 0.1) is 12.6 Å². The molecule has 0 aromatic heterocycles. The number of carbonyl (C=O) groups is 2. The van der Waals surface area contributed by atoms with E-state index < -0.39 is 0 Å². The van der Waals surface area contributed by atoms with Crippen molar-refractivity contribution in [2.45, 2.75) is 12.5 Å². The smallest absolute Gasteiger partial charge is 0.407 e. The molecule has 2 fully saturated rings. The van der Waals surface area contributed by atoms with Crippen molar-refractivity contribution in [1.82, 2.24) is 10.2 Å². The standard InChI is InChI=1S/C10H14N2O3/c1-2-9(13)12-4-3-7-6-15-10(14)11-8(7)5-12/h2,7-8H,1,3-6H2,(H,11,14)/t7-,8+/m1/s1. The first-order chi connectivity index (χ1) is 7.20. The highest BCUT2D eigenvalue weighted by Gasteiger charge is 2.35. The summed E-state index contributed by atoms with van der Waals surface area (Å²) in [6.07, 6.45) is 1.79. The first-order valence-electron chi connectivity index (χ1n) is 5.05. The number of hydrogen-bond donors (Lipinski definition) is 1. The summed E-state index contributed by atoms with van der Waals surface area (Å²) >= 11 is 0. The molecule has 15 heavy (non-hydrogen) atoms. The number of nitrogens with one attached hydrogen (secondary N) is 1. The fourth-order valence-corrected chi connectivity index (χ4v) is 2.07. The minimum Gasteiger partial charge on any atom is -0.449 e. The fourth-order valence-electron chi connectivity index (χ4n) is 2.07. The molecule has 2 aliphatic rings. The van der Waals surface area contributed by atoms with E-state index >= 15 is 0 Å². The van der Waals surface area contributed by atoms with E-state index in [4.69, 9.17) is 4.74 Å². The van der Waals surface area contributed by atoms with E-state index in [1.165, 1.54) is 6.08 Å². The lowest BCUT2D eigenvalue weighted by Gasteiger charge is -2.40. The highest BCUT2D eigenvalue weighted by Crippen LogP contribution is 2.21. The molecule has 0 radical (unpaired) electrons. The van der Waals surface area contributed by atoms with Crippen molar-refractivity contribution in [1.29, 1.82) is 0 Å². The van der Waals surface area contributed by atoms with Crippen LogP contribution in [-0.4, -0.2) is 42.6 Å². The van der Waals surface area contributed by atoms with Crippen molar-refractivity contribution in [3.05, 3.63) is 12.7 Å². The van der Waals surface area contributed by atoms with Crippen LogP contribution in [0.25, 0.3) is 0 Å². The van der Waals surface area contributed by atoms with E-state index in [2.05, 4.69) is 11.9 Å². The lowest BCUT2D eigenvalue weighted by molar-refractivity contribution is -0.128. The van der Waals surface area contributed by atoms with Crippen LogP contribution in [0.4, 0.5) is 4.79 Å². The number of rotatable bonds is 1. The summed E-state index contributed by atoms with van der Waals surface area (Å²) in [6.45, 7) is 5.19. The van der Waals surface area contributed by atoms with Crippen molar-refractivity contribution in [3.63, 3.8) is 0 Å². The molecule has 2 saturated heterocycles. The molecule has 0 aromatic carbocycles. The van der Waals surface area contributed by atoms with Crippen LogP contribution in [0.1, 0.15) is 6.42 Å². The van der Waals surface area contributed by atoms with Crippen molar-refractivity contribution >= 4 is 12.0 Å². The number of cyclic esters (lactones) is 1. The first-order valence-corrected chi connectivity index (χ1v) is 5.05. The minimum absolute atomic E-state index is 0.0314. The second-order valence-electron chi connectivity index (χ2n) is 3.89. The molecule has 1 N–H and O–H groups in total. The average Bonchev–Trinajstić information content (AvgIpc) is 2.27. The van der Waals surface area contributed by atoms with E-state index in [1.807, 2.05) is 0 Å². The zero-order valence-electron chi connectivity index (χ0n) is 8.44. The van der Waals surface area contributed by atoms with Gasteiger partial charge in [-0.1, -0.05) is 6.58 Å². The van der Waals surface area contributed by atoms with E-state index in [0.29, 0.717) is 25.6 Å². The van der Waals surface area contributed by atoms with Gasteiger partial charge in [0, 0.05) is 19.0 Å². The van der Waals surface area contributed by atoms with E-state index in [9.17, 15) is 9.59 Å². The quantitative estimate of drug-likeness (QED) is 0.626. The number of carbonyl (C=O) groups excluding carboxylic acids is 2. The third-order valence-corrected chi connectivity index (χ3v) is 2.97. The number of nitrogens with zero attached hydrogens (tertiary/aromatic N) is 1. The first kappa shape index (κ1) is 10.0. The molecule has 2 aliphatic heterocycles. The number of ether oxygens (including phenoxy) is 1. The second-order valence-corrected chi connectivity index (χ2v) is 3.89. The van der Waals surface area contributed by atoms with E-state index in [0.717, 1.165) is 6.42 Å². The lowest BCUT2D eigenvalue weighted by atomic mass is 9.91. The van der Waals surface area contributed by atoms with Gasteiger partial charge in [0.2, 0.25) is 5.91 Å². The van der Waals surface area contributed by atoms with Gasteiger partial charge in [-0.2, -0.15) is 0 Å².